The van der Waals surface area contributed by atoms with Crippen LogP contribution in [0, 0.1) is 0 Å². The number of para-hydroxylation sites is 1. The number of hydrogen-bond acceptors (Lipinski definition) is 5. The van der Waals surface area contributed by atoms with Crippen LogP contribution in [0.15, 0.2) is 24.3 Å². The van der Waals surface area contributed by atoms with Crippen molar-refractivity contribution in [2.45, 2.75) is 25.7 Å². The van der Waals surface area contributed by atoms with E-state index in [1.165, 1.54) is 19.2 Å². The predicted octanol–water partition coefficient (Wildman–Crippen LogP) is 1.64. The van der Waals surface area contributed by atoms with Crippen molar-refractivity contribution in [2.24, 2.45) is 0 Å². The summed E-state index contributed by atoms with van der Waals surface area (Å²) in [5, 5.41) is 0. The van der Waals surface area contributed by atoms with Crippen LogP contribution in [0.3, 0.4) is 0 Å². The van der Waals surface area contributed by atoms with Gasteiger partial charge in [-0.1, -0.05) is 25.0 Å². The number of methoxy groups -OCH3 is 1. The van der Waals surface area contributed by atoms with Crippen molar-refractivity contribution in [1.82, 2.24) is 4.90 Å². The Hall–Kier alpha value is -2.09. The Morgan fingerprint density at radius 3 is 2.28 bits per heavy atom. The van der Waals surface area contributed by atoms with Gasteiger partial charge in [0.2, 0.25) is 15.9 Å². The maximum atomic E-state index is 12.6. The molecule has 0 bridgehead atoms. The summed E-state index contributed by atoms with van der Waals surface area (Å²) in [5.74, 6) is -0.904. The monoisotopic (exact) mass is 368 g/mol. The average molecular weight is 368 g/mol. The van der Waals surface area contributed by atoms with E-state index in [1.807, 2.05) is 0 Å². The van der Waals surface area contributed by atoms with Crippen LogP contribution < -0.4 is 4.31 Å². The highest BCUT2D eigenvalue weighted by Gasteiger charge is 2.27. The lowest BCUT2D eigenvalue weighted by Gasteiger charge is -2.27. The Kier molecular flexibility index (Phi) is 6.41. The van der Waals surface area contributed by atoms with Crippen molar-refractivity contribution in [3.63, 3.8) is 0 Å². The summed E-state index contributed by atoms with van der Waals surface area (Å²) in [7, 11) is -2.52. The highest BCUT2D eigenvalue weighted by Crippen LogP contribution is 2.24. The summed E-state index contributed by atoms with van der Waals surface area (Å²) < 4.78 is 30.3. The van der Waals surface area contributed by atoms with Crippen LogP contribution in [0.25, 0.3) is 0 Å². The van der Waals surface area contributed by atoms with E-state index < -0.39 is 16.0 Å². The SMILES string of the molecule is COC(=O)c1ccccc1N(CC(=O)N1CCCCCC1)S(C)(=O)=O. The molecule has 0 radical (unpaired) electrons. The molecule has 0 saturated carbocycles. The molecule has 2 rings (SSSR count). The van der Waals surface area contributed by atoms with Crippen LogP contribution in [0.2, 0.25) is 0 Å². The van der Waals surface area contributed by atoms with Gasteiger partial charge in [0.25, 0.3) is 0 Å². The van der Waals surface area contributed by atoms with Gasteiger partial charge in [-0.3, -0.25) is 9.10 Å². The van der Waals surface area contributed by atoms with Gasteiger partial charge in [0.05, 0.1) is 24.6 Å². The minimum atomic E-state index is -3.75. The lowest BCUT2D eigenvalue weighted by molar-refractivity contribution is -0.129. The number of likely N-dealkylation sites (tertiary alicyclic amines) is 1. The zero-order valence-electron chi connectivity index (χ0n) is 14.6. The van der Waals surface area contributed by atoms with Crippen molar-refractivity contribution >= 4 is 27.6 Å². The summed E-state index contributed by atoms with van der Waals surface area (Å²) in [6.07, 6.45) is 5.01. The van der Waals surface area contributed by atoms with Gasteiger partial charge in [0.15, 0.2) is 0 Å². The van der Waals surface area contributed by atoms with Crippen LogP contribution >= 0.6 is 0 Å². The topological polar surface area (TPSA) is 84.0 Å². The molecule has 1 heterocycles. The maximum Gasteiger partial charge on any atom is 0.340 e. The minimum absolute atomic E-state index is 0.110. The normalized spacial score (nSPS) is 15.4. The Bertz CT molecular complexity index is 724. The lowest BCUT2D eigenvalue weighted by atomic mass is 10.2. The number of hydrogen-bond donors (Lipinski definition) is 0. The molecular weight excluding hydrogens is 344 g/mol. The van der Waals surface area contributed by atoms with E-state index in [1.54, 1.807) is 17.0 Å². The Morgan fingerprint density at radius 2 is 1.72 bits per heavy atom. The molecule has 1 fully saturated rings. The lowest BCUT2D eigenvalue weighted by Crippen LogP contribution is -2.43. The molecule has 1 aliphatic heterocycles. The highest BCUT2D eigenvalue weighted by atomic mass is 32.2. The van der Waals surface area contributed by atoms with E-state index in [0.717, 1.165) is 36.2 Å². The molecule has 0 spiro atoms. The van der Waals surface area contributed by atoms with E-state index in [4.69, 9.17) is 4.74 Å². The molecule has 0 N–H and O–H groups in total. The van der Waals surface area contributed by atoms with Crippen molar-refractivity contribution in [1.29, 1.82) is 0 Å². The Morgan fingerprint density at radius 1 is 1.12 bits per heavy atom. The summed E-state index contributed by atoms with van der Waals surface area (Å²) >= 11 is 0. The highest BCUT2D eigenvalue weighted by molar-refractivity contribution is 7.92. The first-order valence-corrected chi connectivity index (χ1v) is 10.1. The number of sulfonamides is 1. The van der Waals surface area contributed by atoms with Crippen LogP contribution in [0.5, 0.6) is 0 Å². The second kappa shape index (κ2) is 8.33. The summed E-state index contributed by atoms with van der Waals surface area (Å²) in [4.78, 5) is 26.3. The second-order valence-electron chi connectivity index (χ2n) is 6.07. The maximum absolute atomic E-state index is 12.6. The standard InChI is InChI=1S/C17H24N2O5S/c1-24-17(21)14-9-5-6-10-15(14)19(25(2,22)23)13-16(20)18-11-7-3-4-8-12-18/h5-6,9-10H,3-4,7-8,11-13H2,1-2H3. The first-order chi connectivity index (χ1) is 11.8. The molecule has 25 heavy (non-hydrogen) atoms. The van der Waals surface area contributed by atoms with Gasteiger partial charge in [0, 0.05) is 13.1 Å². The second-order valence-corrected chi connectivity index (χ2v) is 7.98. The molecule has 8 heteroatoms. The first-order valence-electron chi connectivity index (χ1n) is 8.27. The number of benzene rings is 1. The Balaban J connectivity index is 2.32. The molecule has 0 atom stereocenters. The van der Waals surface area contributed by atoms with Gasteiger partial charge in [-0.25, -0.2) is 13.2 Å². The van der Waals surface area contributed by atoms with Crippen molar-refractivity contribution in [2.75, 3.05) is 37.3 Å². The number of esters is 1. The molecule has 7 nitrogen and oxygen atoms in total. The smallest absolute Gasteiger partial charge is 0.340 e. The zero-order chi connectivity index (χ0) is 18.4. The molecular formula is C17H24N2O5S. The largest absolute Gasteiger partial charge is 0.465 e. The molecule has 0 aromatic heterocycles. The number of amides is 1. The van der Waals surface area contributed by atoms with Crippen LogP contribution in [-0.4, -0.2) is 58.2 Å². The van der Waals surface area contributed by atoms with E-state index in [2.05, 4.69) is 0 Å². The number of carbonyl (C=O) groups is 2. The predicted molar refractivity (Wildman–Crippen MR) is 95.0 cm³/mol. The number of nitrogens with zero attached hydrogens (tertiary/aromatic N) is 2. The fourth-order valence-corrected chi connectivity index (χ4v) is 3.76. The van der Waals surface area contributed by atoms with E-state index in [9.17, 15) is 18.0 Å². The quantitative estimate of drug-likeness (QED) is 0.738. The summed E-state index contributed by atoms with van der Waals surface area (Å²) in [6, 6.07) is 6.22. The number of carbonyl (C=O) groups excluding carboxylic acids is 2. The molecule has 0 aliphatic carbocycles. The van der Waals surface area contributed by atoms with Crippen LogP contribution in [-0.2, 0) is 19.6 Å². The van der Waals surface area contributed by atoms with Crippen molar-refractivity contribution in [3.8, 4) is 0 Å². The molecule has 138 valence electrons. The first kappa shape index (κ1) is 19.2. The number of rotatable bonds is 5. The van der Waals surface area contributed by atoms with Crippen LogP contribution in [0.1, 0.15) is 36.0 Å². The molecule has 1 aromatic carbocycles. The van der Waals surface area contributed by atoms with E-state index in [0.29, 0.717) is 13.1 Å². The van der Waals surface area contributed by atoms with Crippen molar-refractivity contribution in [3.05, 3.63) is 29.8 Å². The summed E-state index contributed by atoms with van der Waals surface area (Å²) in [5.41, 5.74) is 0.263. The van der Waals surface area contributed by atoms with Gasteiger partial charge in [-0.2, -0.15) is 0 Å². The van der Waals surface area contributed by atoms with Gasteiger partial charge in [0.1, 0.15) is 6.54 Å². The summed E-state index contributed by atoms with van der Waals surface area (Å²) in [6.45, 7) is 0.941. The third-order valence-corrected chi connectivity index (χ3v) is 5.34. The van der Waals surface area contributed by atoms with E-state index >= 15 is 0 Å². The van der Waals surface area contributed by atoms with Crippen molar-refractivity contribution < 1.29 is 22.7 Å². The third-order valence-electron chi connectivity index (χ3n) is 4.22. The molecule has 1 aromatic rings. The molecule has 0 unspecified atom stereocenters. The third kappa shape index (κ3) is 4.94. The fourth-order valence-electron chi connectivity index (χ4n) is 2.90. The zero-order valence-corrected chi connectivity index (χ0v) is 15.4. The van der Waals surface area contributed by atoms with E-state index in [-0.39, 0.29) is 23.7 Å². The molecule has 1 aliphatic rings. The molecule has 1 amide bonds. The number of anilines is 1. The van der Waals surface area contributed by atoms with Crippen LogP contribution in [0.4, 0.5) is 5.69 Å². The molecule has 1 saturated heterocycles. The minimum Gasteiger partial charge on any atom is -0.465 e. The van der Waals surface area contributed by atoms with Gasteiger partial charge < -0.3 is 9.64 Å². The van der Waals surface area contributed by atoms with Gasteiger partial charge >= 0.3 is 5.97 Å². The number of ether oxygens (including phenoxy) is 1. The van der Waals surface area contributed by atoms with Gasteiger partial charge in [-0.15, -0.1) is 0 Å². The van der Waals surface area contributed by atoms with Gasteiger partial charge in [-0.05, 0) is 25.0 Å². The fraction of sp³-hybridized carbons (Fsp3) is 0.529. The average Bonchev–Trinajstić information content (AvgIpc) is 2.87. The Labute approximate surface area is 148 Å².